The van der Waals surface area contributed by atoms with Crippen molar-refractivity contribution in [1.29, 1.82) is 0 Å². The number of carbonyl (C=O) groups is 1. The van der Waals surface area contributed by atoms with Gasteiger partial charge in [0.1, 0.15) is 11.8 Å². The molecule has 2 heterocycles. The highest BCUT2D eigenvalue weighted by Gasteiger charge is 2.31. The quantitative estimate of drug-likeness (QED) is 0.948. The molecule has 1 N–H and O–H groups in total. The number of nitrogens with zero attached hydrogens (tertiary/aromatic N) is 1. The normalized spacial score (nSPS) is 21.2. The molecule has 1 aromatic heterocycles. The molecule has 2 aromatic rings. The van der Waals surface area contributed by atoms with Crippen molar-refractivity contribution >= 4 is 17.5 Å². The van der Waals surface area contributed by atoms with E-state index in [2.05, 4.69) is 10.3 Å². The van der Waals surface area contributed by atoms with Gasteiger partial charge in [-0.2, -0.15) is 0 Å². The van der Waals surface area contributed by atoms with Crippen molar-refractivity contribution in [2.75, 3.05) is 6.61 Å². The van der Waals surface area contributed by atoms with Gasteiger partial charge >= 0.3 is 0 Å². The summed E-state index contributed by atoms with van der Waals surface area (Å²) in [4.78, 5) is 16.2. The summed E-state index contributed by atoms with van der Waals surface area (Å²) in [5, 5.41) is 3.68. The van der Waals surface area contributed by atoms with E-state index < -0.39 is 0 Å². The standard InChI is InChI=1S/C16H15ClN2O2/c17-12-6-4-11(5-7-12)15-13(8-10-21-15)19-16(20)14-3-1-2-9-18-14/h1-7,9,13,15H,8,10H2,(H,19,20)/t13-,15+/m0/s1. The maximum atomic E-state index is 12.2. The van der Waals surface area contributed by atoms with E-state index in [4.69, 9.17) is 16.3 Å². The summed E-state index contributed by atoms with van der Waals surface area (Å²) in [5.41, 5.74) is 1.43. The van der Waals surface area contributed by atoms with Crippen LogP contribution >= 0.6 is 11.6 Å². The molecule has 1 aromatic carbocycles. The molecule has 1 saturated heterocycles. The molecule has 0 radical (unpaired) electrons. The van der Waals surface area contributed by atoms with Crippen LogP contribution in [0.4, 0.5) is 0 Å². The van der Waals surface area contributed by atoms with Gasteiger partial charge in [0.15, 0.2) is 0 Å². The topological polar surface area (TPSA) is 51.2 Å². The van der Waals surface area contributed by atoms with Crippen molar-refractivity contribution in [2.24, 2.45) is 0 Å². The Kier molecular flexibility index (Phi) is 4.18. The number of ether oxygens (including phenoxy) is 1. The summed E-state index contributed by atoms with van der Waals surface area (Å²) in [5.74, 6) is -0.176. The van der Waals surface area contributed by atoms with Gasteiger partial charge in [-0.25, -0.2) is 0 Å². The van der Waals surface area contributed by atoms with Crippen LogP contribution < -0.4 is 5.32 Å². The number of halogens is 1. The largest absolute Gasteiger partial charge is 0.371 e. The molecule has 1 fully saturated rings. The van der Waals surface area contributed by atoms with Crippen molar-refractivity contribution in [3.63, 3.8) is 0 Å². The lowest BCUT2D eigenvalue weighted by Crippen LogP contribution is -2.37. The van der Waals surface area contributed by atoms with E-state index in [0.29, 0.717) is 17.3 Å². The van der Waals surface area contributed by atoms with E-state index in [1.807, 2.05) is 24.3 Å². The Morgan fingerprint density at radius 2 is 2.05 bits per heavy atom. The monoisotopic (exact) mass is 302 g/mol. The molecule has 1 aliphatic heterocycles. The maximum absolute atomic E-state index is 12.2. The van der Waals surface area contributed by atoms with Gasteiger partial charge in [-0.05, 0) is 36.2 Å². The van der Waals surface area contributed by atoms with Crippen LogP contribution in [-0.2, 0) is 4.74 Å². The number of hydrogen-bond donors (Lipinski definition) is 1. The van der Waals surface area contributed by atoms with Crippen LogP contribution in [0.25, 0.3) is 0 Å². The molecule has 0 spiro atoms. The third-order valence-electron chi connectivity index (χ3n) is 3.50. The zero-order valence-corrected chi connectivity index (χ0v) is 12.1. The third kappa shape index (κ3) is 3.23. The Labute approximate surface area is 128 Å². The van der Waals surface area contributed by atoms with Crippen molar-refractivity contribution in [3.05, 3.63) is 64.9 Å². The van der Waals surface area contributed by atoms with E-state index in [1.54, 1.807) is 24.4 Å². The van der Waals surface area contributed by atoms with E-state index in [9.17, 15) is 4.79 Å². The van der Waals surface area contributed by atoms with Crippen molar-refractivity contribution in [1.82, 2.24) is 10.3 Å². The fraction of sp³-hybridized carbons (Fsp3) is 0.250. The van der Waals surface area contributed by atoms with Crippen molar-refractivity contribution in [2.45, 2.75) is 18.6 Å². The fourth-order valence-corrected chi connectivity index (χ4v) is 2.58. The Morgan fingerprint density at radius 3 is 2.76 bits per heavy atom. The van der Waals surface area contributed by atoms with Crippen LogP contribution in [-0.4, -0.2) is 23.5 Å². The first-order valence-electron chi connectivity index (χ1n) is 6.83. The number of benzene rings is 1. The smallest absolute Gasteiger partial charge is 0.270 e. The summed E-state index contributed by atoms with van der Waals surface area (Å²) in [6, 6.07) is 12.7. The molecule has 2 atom stereocenters. The number of aromatic nitrogens is 1. The van der Waals surface area contributed by atoms with E-state index in [-0.39, 0.29) is 18.1 Å². The molecular weight excluding hydrogens is 288 g/mol. The zero-order valence-electron chi connectivity index (χ0n) is 11.3. The average molecular weight is 303 g/mol. The number of carbonyl (C=O) groups excluding carboxylic acids is 1. The van der Waals surface area contributed by atoms with Gasteiger partial charge in [-0.1, -0.05) is 29.8 Å². The lowest BCUT2D eigenvalue weighted by Gasteiger charge is -2.20. The lowest BCUT2D eigenvalue weighted by atomic mass is 10.0. The van der Waals surface area contributed by atoms with Gasteiger partial charge in [0, 0.05) is 17.8 Å². The third-order valence-corrected chi connectivity index (χ3v) is 3.76. The van der Waals surface area contributed by atoms with Crippen molar-refractivity contribution in [3.8, 4) is 0 Å². The van der Waals surface area contributed by atoms with Crippen LogP contribution in [0.2, 0.25) is 5.02 Å². The summed E-state index contributed by atoms with van der Waals surface area (Å²) in [6.07, 6.45) is 2.25. The molecule has 0 saturated carbocycles. The van der Waals surface area contributed by atoms with Gasteiger partial charge in [-0.15, -0.1) is 0 Å². The average Bonchev–Trinajstić information content (AvgIpc) is 2.97. The molecule has 4 nitrogen and oxygen atoms in total. The SMILES string of the molecule is O=C(N[C@H]1CCO[C@@H]1c1ccc(Cl)cc1)c1ccccn1. The van der Waals surface area contributed by atoms with E-state index >= 15 is 0 Å². The Balaban J connectivity index is 1.72. The van der Waals surface area contributed by atoms with Gasteiger partial charge in [-0.3, -0.25) is 9.78 Å². The predicted octanol–water partition coefficient (Wildman–Crippen LogP) is 3.00. The Hall–Kier alpha value is -1.91. The minimum Gasteiger partial charge on any atom is -0.371 e. The van der Waals surface area contributed by atoms with Crippen LogP contribution in [0, 0.1) is 0 Å². The fourth-order valence-electron chi connectivity index (χ4n) is 2.46. The minimum absolute atomic E-state index is 0.0549. The molecule has 0 aliphatic carbocycles. The second kappa shape index (κ2) is 6.24. The predicted molar refractivity (Wildman–Crippen MR) is 80.3 cm³/mol. The number of pyridine rings is 1. The maximum Gasteiger partial charge on any atom is 0.270 e. The number of amides is 1. The summed E-state index contributed by atoms with van der Waals surface area (Å²) < 4.78 is 5.75. The Morgan fingerprint density at radius 1 is 1.24 bits per heavy atom. The first-order chi connectivity index (χ1) is 10.2. The molecule has 0 bridgehead atoms. The molecule has 5 heteroatoms. The molecule has 1 amide bonds. The highest BCUT2D eigenvalue weighted by Crippen LogP contribution is 2.30. The van der Waals surface area contributed by atoms with E-state index in [1.165, 1.54) is 0 Å². The van der Waals surface area contributed by atoms with Crippen molar-refractivity contribution < 1.29 is 9.53 Å². The van der Waals surface area contributed by atoms with Crippen LogP contribution in [0.1, 0.15) is 28.6 Å². The minimum atomic E-state index is -0.176. The first kappa shape index (κ1) is 14.0. The summed E-state index contributed by atoms with van der Waals surface area (Å²) in [7, 11) is 0. The van der Waals surface area contributed by atoms with Gasteiger partial charge in [0.2, 0.25) is 0 Å². The molecule has 1 aliphatic rings. The van der Waals surface area contributed by atoms with Crippen LogP contribution in [0.3, 0.4) is 0 Å². The van der Waals surface area contributed by atoms with Gasteiger partial charge < -0.3 is 10.1 Å². The number of nitrogens with one attached hydrogen (secondary N) is 1. The highest BCUT2D eigenvalue weighted by molar-refractivity contribution is 6.30. The molecular formula is C16H15ClN2O2. The number of rotatable bonds is 3. The van der Waals surface area contributed by atoms with Crippen LogP contribution in [0.5, 0.6) is 0 Å². The summed E-state index contributed by atoms with van der Waals surface area (Å²) in [6.45, 7) is 0.625. The lowest BCUT2D eigenvalue weighted by molar-refractivity contribution is 0.0818. The second-order valence-electron chi connectivity index (χ2n) is 4.93. The van der Waals surface area contributed by atoms with Gasteiger partial charge in [0.25, 0.3) is 5.91 Å². The molecule has 3 rings (SSSR count). The molecule has 21 heavy (non-hydrogen) atoms. The van der Waals surface area contributed by atoms with E-state index in [0.717, 1.165) is 12.0 Å². The van der Waals surface area contributed by atoms with Crippen LogP contribution in [0.15, 0.2) is 48.7 Å². The molecule has 108 valence electrons. The summed E-state index contributed by atoms with van der Waals surface area (Å²) >= 11 is 5.90. The highest BCUT2D eigenvalue weighted by atomic mass is 35.5. The molecule has 0 unspecified atom stereocenters. The zero-order chi connectivity index (χ0) is 14.7. The second-order valence-corrected chi connectivity index (χ2v) is 5.36. The van der Waals surface area contributed by atoms with Gasteiger partial charge in [0.05, 0.1) is 6.04 Å². The number of hydrogen-bond acceptors (Lipinski definition) is 3. The Bertz CT molecular complexity index is 616. The first-order valence-corrected chi connectivity index (χ1v) is 7.21.